The third-order valence-corrected chi connectivity index (χ3v) is 11.5. The molecule has 0 aliphatic heterocycles. The fraction of sp³-hybridized carbons (Fsp3) is 0. The van der Waals surface area contributed by atoms with Crippen LogP contribution in [-0.4, -0.2) is 14.1 Å². The van der Waals surface area contributed by atoms with Gasteiger partial charge in [0.2, 0.25) is 0 Å². The van der Waals surface area contributed by atoms with Crippen LogP contribution >= 0.6 is 0 Å². The molecule has 3 heterocycles. The van der Waals surface area contributed by atoms with Crippen molar-refractivity contribution in [3.05, 3.63) is 188 Å². The summed E-state index contributed by atoms with van der Waals surface area (Å²) in [6, 6.07) is 66.6. The molecule has 11 aromatic rings. The number of aromatic nitrogens is 3. The molecule has 0 spiro atoms. The molecule has 3 nitrogen and oxygen atoms in total. The zero-order valence-electron chi connectivity index (χ0n) is 29.2. The van der Waals surface area contributed by atoms with Crippen molar-refractivity contribution in [1.29, 1.82) is 0 Å². The van der Waals surface area contributed by atoms with E-state index in [0.29, 0.717) is 0 Å². The summed E-state index contributed by atoms with van der Waals surface area (Å²) in [7, 11) is 0. The highest BCUT2D eigenvalue weighted by atomic mass is 15.0. The van der Waals surface area contributed by atoms with E-state index in [1.807, 2.05) is 12.3 Å². The molecule has 0 radical (unpaired) electrons. The first-order valence-electron chi connectivity index (χ1n) is 18.5. The SMILES string of the molecule is c1ccc(-n2c3ccccc3c3cc(-c4ccc5c(c4)c4cc(-c6cc7c8c(cccc8c6)-c6cccnc6-7)ccc4n5-c4ccccc4)ccc32)cc1. The van der Waals surface area contributed by atoms with E-state index in [1.54, 1.807) is 0 Å². The Bertz CT molecular complexity index is 3310. The molecule has 3 heteroatoms. The van der Waals surface area contributed by atoms with E-state index in [1.165, 1.54) is 99.0 Å². The molecule has 8 aromatic carbocycles. The minimum atomic E-state index is 1.07. The van der Waals surface area contributed by atoms with Gasteiger partial charge in [-0.3, -0.25) is 4.98 Å². The van der Waals surface area contributed by atoms with Crippen LogP contribution in [0.5, 0.6) is 0 Å². The molecular formula is C51H31N3. The van der Waals surface area contributed by atoms with Crippen LogP contribution in [0, 0.1) is 0 Å². The smallest absolute Gasteiger partial charge is 0.0787 e. The number of para-hydroxylation sites is 3. The standard InChI is InChI=1S/C51H31N3/c1-3-12-37(13-4-1)53-46-19-8-7-16-39(46)42-28-32(20-23-47(42)53)33-21-24-48-43(29-33)44-30-34(22-25-49(44)54(48)38-14-5-2-6-15-38)36-27-35-11-9-17-40-41-18-10-26-52-51(41)45(31-36)50(35)40/h1-31H. The van der Waals surface area contributed by atoms with Crippen molar-refractivity contribution in [1.82, 2.24) is 14.1 Å². The highest BCUT2D eigenvalue weighted by Gasteiger charge is 2.23. The zero-order chi connectivity index (χ0) is 35.3. The van der Waals surface area contributed by atoms with Gasteiger partial charge in [0.05, 0.1) is 27.8 Å². The van der Waals surface area contributed by atoms with E-state index < -0.39 is 0 Å². The maximum Gasteiger partial charge on any atom is 0.0787 e. The van der Waals surface area contributed by atoms with Crippen LogP contribution in [0.4, 0.5) is 0 Å². The molecule has 0 saturated heterocycles. The highest BCUT2D eigenvalue weighted by Crippen LogP contribution is 2.48. The van der Waals surface area contributed by atoms with Crippen molar-refractivity contribution in [2.24, 2.45) is 0 Å². The average Bonchev–Trinajstić information content (AvgIpc) is 3.87. The molecule has 0 atom stereocenters. The van der Waals surface area contributed by atoms with Crippen LogP contribution in [0.3, 0.4) is 0 Å². The third kappa shape index (κ3) is 4.15. The molecule has 0 saturated carbocycles. The van der Waals surface area contributed by atoms with Gasteiger partial charge in [0, 0.05) is 50.2 Å². The molecule has 0 N–H and O–H groups in total. The first-order chi connectivity index (χ1) is 26.8. The second kappa shape index (κ2) is 11.1. The Hall–Kier alpha value is -7.23. The van der Waals surface area contributed by atoms with Crippen molar-refractivity contribution < 1.29 is 0 Å². The predicted molar refractivity (Wildman–Crippen MR) is 226 cm³/mol. The van der Waals surface area contributed by atoms with Gasteiger partial charge in [0.15, 0.2) is 0 Å². The van der Waals surface area contributed by atoms with Gasteiger partial charge in [0.1, 0.15) is 0 Å². The Labute approximate surface area is 311 Å². The van der Waals surface area contributed by atoms with Crippen LogP contribution in [0.1, 0.15) is 0 Å². The monoisotopic (exact) mass is 685 g/mol. The summed E-state index contributed by atoms with van der Waals surface area (Å²) in [4.78, 5) is 4.85. The van der Waals surface area contributed by atoms with Crippen molar-refractivity contribution in [3.63, 3.8) is 0 Å². The Balaban J connectivity index is 1.07. The van der Waals surface area contributed by atoms with Crippen molar-refractivity contribution in [2.75, 3.05) is 0 Å². The van der Waals surface area contributed by atoms with E-state index in [4.69, 9.17) is 4.98 Å². The Morgan fingerprint density at radius 1 is 0.333 bits per heavy atom. The van der Waals surface area contributed by atoms with Gasteiger partial charge in [-0.2, -0.15) is 0 Å². The van der Waals surface area contributed by atoms with Gasteiger partial charge < -0.3 is 9.13 Å². The molecule has 12 rings (SSSR count). The number of pyridine rings is 1. The largest absolute Gasteiger partial charge is 0.309 e. The molecule has 0 unspecified atom stereocenters. The normalized spacial score (nSPS) is 12.1. The van der Waals surface area contributed by atoms with Crippen molar-refractivity contribution in [3.8, 4) is 56.0 Å². The lowest BCUT2D eigenvalue weighted by molar-refractivity contribution is 1.18. The van der Waals surface area contributed by atoms with E-state index in [2.05, 4.69) is 185 Å². The van der Waals surface area contributed by atoms with Gasteiger partial charge in [-0.25, -0.2) is 0 Å². The second-order valence-corrected chi connectivity index (χ2v) is 14.4. The van der Waals surface area contributed by atoms with Crippen LogP contribution in [0.2, 0.25) is 0 Å². The lowest BCUT2D eigenvalue weighted by Crippen LogP contribution is -1.93. The molecule has 3 aromatic heterocycles. The van der Waals surface area contributed by atoms with Gasteiger partial charge in [0.25, 0.3) is 0 Å². The van der Waals surface area contributed by atoms with Crippen LogP contribution in [0.25, 0.3) is 110 Å². The van der Waals surface area contributed by atoms with Crippen LogP contribution < -0.4 is 0 Å². The molecule has 1 aliphatic carbocycles. The van der Waals surface area contributed by atoms with Crippen LogP contribution in [0.15, 0.2) is 188 Å². The molecule has 0 bridgehead atoms. The minimum absolute atomic E-state index is 1.07. The molecule has 250 valence electrons. The second-order valence-electron chi connectivity index (χ2n) is 14.4. The summed E-state index contributed by atoms with van der Waals surface area (Å²) in [6.45, 7) is 0. The summed E-state index contributed by atoms with van der Waals surface area (Å²) in [6.07, 6.45) is 1.91. The Morgan fingerprint density at radius 3 is 1.52 bits per heavy atom. The summed E-state index contributed by atoms with van der Waals surface area (Å²) >= 11 is 0. The number of rotatable bonds is 4. The summed E-state index contributed by atoms with van der Waals surface area (Å²) in [5, 5.41) is 7.53. The predicted octanol–water partition coefficient (Wildman–Crippen LogP) is 13.4. The molecule has 54 heavy (non-hydrogen) atoms. The Kier molecular flexibility index (Phi) is 6.05. The quantitative estimate of drug-likeness (QED) is 0.181. The molecule has 1 aliphatic rings. The summed E-state index contributed by atoms with van der Waals surface area (Å²) in [5.41, 5.74) is 16.7. The number of benzene rings is 8. The maximum atomic E-state index is 4.85. The van der Waals surface area contributed by atoms with Gasteiger partial charge in [-0.15, -0.1) is 0 Å². The fourth-order valence-electron chi connectivity index (χ4n) is 9.09. The fourth-order valence-corrected chi connectivity index (χ4v) is 9.09. The zero-order valence-corrected chi connectivity index (χ0v) is 29.2. The summed E-state index contributed by atoms with van der Waals surface area (Å²) in [5.74, 6) is 0. The van der Waals surface area contributed by atoms with E-state index in [0.717, 1.165) is 11.4 Å². The van der Waals surface area contributed by atoms with E-state index in [9.17, 15) is 0 Å². The molecule has 0 amide bonds. The topological polar surface area (TPSA) is 22.8 Å². The lowest BCUT2D eigenvalue weighted by Gasteiger charge is -2.10. The molecular weight excluding hydrogens is 655 g/mol. The number of nitrogens with zero attached hydrogens (tertiary/aromatic N) is 3. The molecule has 0 fully saturated rings. The third-order valence-electron chi connectivity index (χ3n) is 11.5. The van der Waals surface area contributed by atoms with Gasteiger partial charge >= 0.3 is 0 Å². The number of hydrogen-bond donors (Lipinski definition) is 0. The minimum Gasteiger partial charge on any atom is -0.309 e. The van der Waals surface area contributed by atoms with E-state index >= 15 is 0 Å². The van der Waals surface area contributed by atoms with Crippen molar-refractivity contribution >= 4 is 54.4 Å². The van der Waals surface area contributed by atoms with Gasteiger partial charge in [-0.1, -0.05) is 97.1 Å². The highest BCUT2D eigenvalue weighted by molar-refractivity contribution is 6.17. The average molecular weight is 686 g/mol. The maximum absolute atomic E-state index is 4.85. The lowest BCUT2D eigenvalue weighted by atomic mass is 9.95. The first-order valence-corrected chi connectivity index (χ1v) is 18.5. The number of hydrogen-bond acceptors (Lipinski definition) is 1. The van der Waals surface area contributed by atoms with E-state index in [-0.39, 0.29) is 0 Å². The summed E-state index contributed by atoms with van der Waals surface area (Å²) < 4.78 is 4.78. The Morgan fingerprint density at radius 2 is 0.870 bits per heavy atom. The first kappa shape index (κ1) is 29.4. The van der Waals surface area contributed by atoms with Crippen molar-refractivity contribution in [2.45, 2.75) is 0 Å². The van der Waals surface area contributed by atoms with Crippen LogP contribution in [-0.2, 0) is 0 Å². The number of fused-ring (bicyclic) bond motifs is 9. The van der Waals surface area contributed by atoms with Gasteiger partial charge in [-0.05, 0) is 124 Å².